The van der Waals surface area contributed by atoms with Crippen LogP contribution in [0, 0.1) is 6.92 Å². The molecule has 0 spiro atoms. The number of aromatic nitrogens is 3. The maximum atomic E-state index is 9.27. The molecule has 0 atom stereocenters. The molecule has 0 radical (unpaired) electrons. The van der Waals surface area contributed by atoms with Gasteiger partial charge in [-0.15, -0.1) is 10.2 Å². The second-order valence-electron chi connectivity index (χ2n) is 3.96. The Kier molecular flexibility index (Phi) is 2.08. The Morgan fingerprint density at radius 1 is 1.06 bits per heavy atom. The molecular weight excluding hydrogens is 214 g/mol. The molecule has 2 heterocycles. The number of nitrogens with zero attached hydrogens (tertiary/aromatic N) is 3. The van der Waals surface area contributed by atoms with Gasteiger partial charge < -0.3 is 5.11 Å². The number of aromatic hydroxyl groups is 1. The van der Waals surface area contributed by atoms with E-state index in [2.05, 4.69) is 10.2 Å². The van der Waals surface area contributed by atoms with Gasteiger partial charge in [-0.05, 0) is 42.8 Å². The number of fused-ring (bicyclic) bond motifs is 1. The molecule has 3 aromatic rings. The third kappa shape index (κ3) is 1.54. The normalized spacial score (nSPS) is 10.9. The molecule has 84 valence electrons. The Hall–Kier alpha value is -2.36. The number of hydrogen-bond acceptors (Lipinski definition) is 3. The van der Waals surface area contributed by atoms with Crippen molar-refractivity contribution in [3.8, 4) is 17.1 Å². The number of hydrogen-bond donors (Lipinski definition) is 1. The summed E-state index contributed by atoms with van der Waals surface area (Å²) < 4.78 is 1.95. The van der Waals surface area contributed by atoms with E-state index in [-0.39, 0.29) is 5.75 Å². The van der Waals surface area contributed by atoms with Crippen molar-refractivity contribution < 1.29 is 5.11 Å². The largest absolute Gasteiger partial charge is 0.508 e. The van der Waals surface area contributed by atoms with Crippen molar-refractivity contribution in [3.63, 3.8) is 0 Å². The van der Waals surface area contributed by atoms with Crippen LogP contribution in [0.3, 0.4) is 0 Å². The molecular formula is C13H11N3O. The van der Waals surface area contributed by atoms with Gasteiger partial charge in [-0.2, -0.15) is 0 Å². The monoisotopic (exact) mass is 225 g/mol. The summed E-state index contributed by atoms with van der Waals surface area (Å²) in [5.41, 5.74) is 2.88. The maximum Gasteiger partial charge on any atom is 0.168 e. The van der Waals surface area contributed by atoms with Crippen LogP contribution in [0.25, 0.3) is 17.0 Å². The number of rotatable bonds is 1. The van der Waals surface area contributed by atoms with E-state index in [1.54, 1.807) is 12.1 Å². The van der Waals surface area contributed by atoms with Crippen LogP contribution in [0.5, 0.6) is 5.75 Å². The minimum atomic E-state index is 0.249. The van der Waals surface area contributed by atoms with Crippen LogP contribution in [-0.4, -0.2) is 19.7 Å². The molecule has 1 aromatic carbocycles. The lowest BCUT2D eigenvalue weighted by Gasteiger charge is -2.01. The molecule has 0 saturated carbocycles. The zero-order chi connectivity index (χ0) is 11.8. The Balaban J connectivity index is 2.24. The van der Waals surface area contributed by atoms with Gasteiger partial charge in [0.2, 0.25) is 0 Å². The fourth-order valence-electron chi connectivity index (χ4n) is 1.86. The van der Waals surface area contributed by atoms with Gasteiger partial charge in [0.05, 0.1) is 0 Å². The van der Waals surface area contributed by atoms with Crippen molar-refractivity contribution in [2.45, 2.75) is 6.92 Å². The number of phenolic OH excluding ortho intramolecular Hbond substituents is 1. The molecule has 0 bridgehead atoms. The van der Waals surface area contributed by atoms with E-state index in [4.69, 9.17) is 0 Å². The zero-order valence-corrected chi connectivity index (χ0v) is 9.33. The third-order valence-electron chi connectivity index (χ3n) is 2.76. The lowest BCUT2D eigenvalue weighted by molar-refractivity contribution is 0.475. The van der Waals surface area contributed by atoms with E-state index < -0.39 is 0 Å². The lowest BCUT2D eigenvalue weighted by atomic mass is 10.2. The molecule has 0 amide bonds. The third-order valence-corrected chi connectivity index (χ3v) is 2.76. The predicted octanol–water partition coefficient (Wildman–Crippen LogP) is 2.41. The van der Waals surface area contributed by atoms with Crippen molar-refractivity contribution in [2.75, 3.05) is 0 Å². The van der Waals surface area contributed by atoms with Gasteiger partial charge in [-0.3, -0.25) is 4.40 Å². The molecule has 0 fully saturated rings. The van der Waals surface area contributed by atoms with Gasteiger partial charge in [-0.25, -0.2) is 0 Å². The Labute approximate surface area is 98.2 Å². The average molecular weight is 225 g/mol. The minimum absolute atomic E-state index is 0.249. The fraction of sp³-hybridized carbons (Fsp3) is 0.0769. The van der Waals surface area contributed by atoms with Gasteiger partial charge >= 0.3 is 0 Å². The molecule has 0 unspecified atom stereocenters. The van der Waals surface area contributed by atoms with Gasteiger partial charge in [0.15, 0.2) is 11.5 Å². The van der Waals surface area contributed by atoms with Crippen molar-refractivity contribution >= 4 is 5.65 Å². The van der Waals surface area contributed by atoms with Gasteiger partial charge in [-0.1, -0.05) is 6.07 Å². The summed E-state index contributed by atoms with van der Waals surface area (Å²) in [6, 6.07) is 10.9. The van der Waals surface area contributed by atoms with Crippen molar-refractivity contribution in [1.29, 1.82) is 0 Å². The molecule has 2 aromatic heterocycles. The Morgan fingerprint density at radius 3 is 2.59 bits per heavy atom. The van der Waals surface area contributed by atoms with E-state index >= 15 is 0 Å². The van der Waals surface area contributed by atoms with Crippen LogP contribution in [0.4, 0.5) is 0 Å². The smallest absolute Gasteiger partial charge is 0.168 e. The van der Waals surface area contributed by atoms with Gasteiger partial charge in [0, 0.05) is 11.8 Å². The molecule has 3 rings (SSSR count). The van der Waals surface area contributed by atoms with Gasteiger partial charge in [0.1, 0.15) is 5.75 Å². The van der Waals surface area contributed by atoms with Crippen LogP contribution >= 0.6 is 0 Å². The first kappa shape index (κ1) is 9.84. The van der Waals surface area contributed by atoms with Crippen LogP contribution in [0.2, 0.25) is 0 Å². The average Bonchev–Trinajstić information content (AvgIpc) is 2.75. The highest BCUT2D eigenvalue weighted by atomic mass is 16.3. The standard InChI is InChI=1S/C13H11N3O/c1-9-3-2-8-16-12(9)14-15-13(16)10-4-6-11(17)7-5-10/h2-8,17H,1H3. The molecule has 17 heavy (non-hydrogen) atoms. The summed E-state index contributed by atoms with van der Waals surface area (Å²) in [6.45, 7) is 2.00. The molecule has 4 heteroatoms. The fourth-order valence-corrected chi connectivity index (χ4v) is 1.86. The number of phenols is 1. The highest BCUT2D eigenvalue weighted by Crippen LogP contribution is 2.21. The van der Waals surface area contributed by atoms with Crippen molar-refractivity contribution in [2.24, 2.45) is 0 Å². The van der Waals surface area contributed by atoms with E-state index in [1.807, 2.05) is 41.8 Å². The highest BCUT2D eigenvalue weighted by molar-refractivity contribution is 5.61. The SMILES string of the molecule is Cc1cccn2c(-c3ccc(O)cc3)nnc12. The van der Waals surface area contributed by atoms with Crippen LogP contribution in [-0.2, 0) is 0 Å². The minimum Gasteiger partial charge on any atom is -0.508 e. The number of pyridine rings is 1. The summed E-state index contributed by atoms with van der Waals surface area (Å²) >= 11 is 0. The number of benzene rings is 1. The van der Waals surface area contributed by atoms with E-state index in [0.717, 1.165) is 22.6 Å². The Morgan fingerprint density at radius 2 is 1.82 bits per heavy atom. The first-order chi connectivity index (χ1) is 8.25. The summed E-state index contributed by atoms with van der Waals surface area (Å²) in [5, 5.41) is 17.6. The second-order valence-corrected chi connectivity index (χ2v) is 3.96. The van der Waals surface area contributed by atoms with Gasteiger partial charge in [0.25, 0.3) is 0 Å². The predicted molar refractivity (Wildman–Crippen MR) is 64.8 cm³/mol. The quantitative estimate of drug-likeness (QED) is 0.691. The molecule has 0 aliphatic heterocycles. The lowest BCUT2D eigenvalue weighted by Crippen LogP contribution is -1.90. The first-order valence-electron chi connectivity index (χ1n) is 5.35. The molecule has 1 N–H and O–H groups in total. The molecule has 0 aliphatic rings. The summed E-state index contributed by atoms with van der Waals surface area (Å²) in [6.07, 6.45) is 1.94. The molecule has 0 saturated heterocycles. The molecule has 4 nitrogen and oxygen atoms in total. The zero-order valence-electron chi connectivity index (χ0n) is 9.33. The van der Waals surface area contributed by atoms with Crippen LogP contribution < -0.4 is 0 Å². The Bertz CT molecular complexity index is 671. The van der Waals surface area contributed by atoms with E-state index in [1.165, 1.54) is 0 Å². The van der Waals surface area contributed by atoms with E-state index in [9.17, 15) is 5.11 Å². The van der Waals surface area contributed by atoms with Crippen molar-refractivity contribution in [1.82, 2.24) is 14.6 Å². The highest BCUT2D eigenvalue weighted by Gasteiger charge is 2.08. The summed E-state index contributed by atoms with van der Waals surface area (Å²) in [4.78, 5) is 0. The van der Waals surface area contributed by atoms with E-state index in [0.29, 0.717) is 0 Å². The first-order valence-corrected chi connectivity index (χ1v) is 5.35. The van der Waals surface area contributed by atoms with Crippen LogP contribution in [0.15, 0.2) is 42.6 Å². The number of aryl methyl sites for hydroxylation is 1. The van der Waals surface area contributed by atoms with Crippen molar-refractivity contribution in [3.05, 3.63) is 48.2 Å². The summed E-state index contributed by atoms with van der Waals surface area (Å²) in [7, 11) is 0. The topological polar surface area (TPSA) is 50.4 Å². The second kappa shape index (κ2) is 3.59. The summed E-state index contributed by atoms with van der Waals surface area (Å²) in [5.74, 6) is 1.03. The molecule has 0 aliphatic carbocycles. The van der Waals surface area contributed by atoms with Crippen LogP contribution in [0.1, 0.15) is 5.56 Å². The maximum absolute atomic E-state index is 9.27.